The molecule has 1 aromatic carbocycles. The van der Waals surface area contributed by atoms with Crippen LogP contribution in [-0.4, -0.2) is 61.0 Å². The fourth-order valence-electron chi connectivity index (χ4n) is 2.98. The summed E-state index contributed by atoms with van der Waals surface area (Å²) in [6.45, 7) is 4.67. The summed E-state index contributed by atoms with van der Waals surface area (Å²) < 4.78 is 24.6. The number of carbonyl (C=O) groups excluding carboxylic acids is 1. The zero-order valence-electron chi connectivity index (χ0n) is 17.2. The first-order chi connectivity index (χ1) is 13.9. The number of piperidine rings is 1. The van der Waals surface area contributed by atoms with E-state index in [4.69, 9.17) is 9.93 Å². The lowest BCUT2D eigenvalue weighted by atomic mass is 9.93. The number of ether oxygens (including phenoxy) is 1. The Labute approximate surface area is 169 Å². The van der Waals surface area contributed by atoms with Crippen LogP contribution in [0.5, 0.6) is 0 Å². The highest BCUT2D eigenvalue weighted by atomic mass is 19.1. The third-order valence-electron chi connectivity index (χ3n) is 4.46. The maximum atomic E-state index is 15.1. The summed E-state index contributed by atoms with van der Waals surface area (Å²) in [6.07, 6.45) is 2.28. The molecule has 1 saturated heterocycles. The molecule has 0 atom stereocenters. The van der Waals surface area contributed by atoms with Crippen molar-refractivity contribution in [3.8, 4) is 11.4 Å². The number of methoxy groups -OCH3 is 1. The molecule has 8 nitrogen and oxygen atoms in total. The number of aromatic nitrogens is 2. The molecule has 0 spiro atoms. The number of hydrogen-bond acceptors (Lipinski definition) is 7. The van der Waals surface area contributed by atoms with Gasteiger partial charge in [0.15, 0.2) is 5.67 Å². The van der Waals surface area contributed by atoms with Gasteiger partial charge in [0, 0.05) is 69.2 Å². The Morgan fingerprint density at radius 2 is 2.00 bits per heavy atom. The van der Waals surface area contributed by atoms with Gasteiger partial charge in [0.25, 0.3) is 5.89 Å². The quantitative estimate of drug-likeness (QED) is 0.565. The minimum absolute atomic E-state index is 0.0486. The summed E-state index contributed by atoms with van der Waals surface area (Å²) >= 11 is 0. The van der Waals surface area contributed by atoms with Crippen LogP contribution in [0, 0.1) is 5.41 Å². The molecule has 0 aliphatic carbocycles. The number of anilines is 1. The van der Waals surface area contributed by atoms with Gasteiger partial charge in [0.1, 0.15) is 0 Å². The van der Waals surface area contributed by atoms with Crippen LogP contribution in [-0.2, 0) is 15.2 Å². The van der Waals surface area contributed by atoms with E-state index in [2.05, 4.69) is 20.2 Å². The first-order valence-corrected chi connectivity index (χ1v) is 9.41. The van der Waals surface area contributed by atoms with Gasteiger partial charge in [-0.1, -0.05) is 17.3 Å². The lowest BCUT2D eigenvalue weighted by Crippen LogP contribution is -2.39. The van der Waals surface area contributed by atoms with Gasteiger partial charge in [-0.2, -0.15) is 4.98 Å². The molecule has 29 heavy (non-hydrogen) atoms. The van der Waals surface area contributed by atoms with E-state index in [0.717, 1.165) is 17.7 Å². The second-order valence-corrected chi connectivity index (χ2v) is 7.18. The number of nitrogens with zero attached hydrogens (tertiary/aromatic N) is 3. The second-order valence-electron chi connectivity index (χ2n) is 7.18. The van der Waals surface area contributed by atoms with Crippen molar-refractivity contribution in [3.05, 3.63) is 29.7 Å². The lowest BCUT2D eigenvalue weighted by molar-refractivity contribution is -0.121. The van der Waals surface area contributed by atoms with Gasteiger partial charge in [-0.15, -0.1) is 0 Å². The maximum Gasteiger partial charge on any atom is 0.264 e. The number of nitrogens with one attached hydrogen (secondary N) is 2. The van der Waals surface area contributed by atoms with E-state index in [1.165, 1.54) is 11.1 Å². The average molecular weight is 405 g/mol. The van der Waals surface area contributed by atoms with Gasteiger partial charge in [-0.3, -0.25) is 4.79 Å². The van der Waals surface area contributed by atoms with Crippen molar-refractivity contribution in [2.75, 3.05) is 32.6 Å². The molecule has 1 amide bonds. The minimum Gasteiger partial charge on any atom is -0.388 e. The molecule has 158 valence electrons. The third-order valence-corrected chi connectivity index (χ3v) is 4.46. The molecule has 2 heterocycles. The van der Waals surface area contributed by atoms with Gasteiger partial charge < -0.3 is 24.9 Å². The topological polar surface area (TPSA) is 104 Å². The van der Waals surface area contributed by atoms with Crippen molar-refractivity contribution < 1.29 is 18.4 Å². The number of alkyl halides is 1. The van der Waals surface area contributed by atoms with Gasteiger partial charge in [-0.25, -0.2) is 4.39 Å². The number of hydrogen-bond donors (Lipinski definition) is 2. The van der Waals surface area contributed by atoms with Crippen LogP contribution in [0.2, 0.25) is 0 Å². The highest BCUT2D eigenvalue weighted by molar-refractivity contribution is 5.87. The number of benzene rings is 1. The number of carbonyl (C=O) groups is 1. The zero-order chi connectivity index (χ0) is 21.4. The highest BCUT2D eigenvalue weighted by Gasteiger charge is 2.41. The van der Waals surface area contributed by atoms with Crippen LogP contribution in [0.4, 0.5) is 10.1 Å². The van der Waals surface area contributed by atoms with Crippen molar-refractivity contribution in [1.82, 2.24) is 15.0 Å². The average Bonchev–Trinajstić information content (AvgIpc) is 3.20. The fourth-order valence-corrected chi connectivity index (χ4v) is 2.98. The number of likely N-dealkylation sites (tertiary alicyclic amines) is 1. The van der Waals surface area contributed by atoms with Crippen molar-refractivity contribution >= 4 is 18.3 Å². The molecule has 2 N–H and O–H groups in total. The number of halogens is 1. The summed E-state index contributed by atoms with van der Waals surface area (Å²) in [7, 11) is 3.25. The Morgan fingerprint density at radius 1 is 1.34 bits per heavy atom. The third kappa shape index (κ3) is 5.60. The monoisotopic (exact) mass is 405 g/mol. The summed E-state index contributed by atoms with van der Waals surface area (Å²) in [6, 6.07) is 5.59. The van der Waals surface area contributed by atoms with E-state index in [1.807, 2.05) is 19.9 Å². The smallest absolute Gasteiger partial charge is 0.264 e. The molecule has 1 aliphatic heterocycles. The Morgan fingerprint density at radius 3 is 2.55 bits per heavy atom. The SMILES string of the molecule is CC(C)Nc1cc(-c2noc(C3(F)CCN(C=O)CC3)n2)ccc1C=N.COC. The maximum absolute atomic E-state index is 15.1. The van der Waals surface area contributed by atoms with Crippen LogP contribution in [0.25, 0.3) is 11.4 Å². The minimum atomic E-state index is -1.71. The second kappa shape index (κ2) is 10.1. The van der Waals surface area contributed by atoms with Crippen LogP contribution in [0.1, 0.15) is 38.1 Å². The van der Waals surface area contributed by atoms with Crippen molar-refractivity contribution in [1.29, 1.82) is 5.41 Å². The van der Waals surface area contributed by atoms with Crippen molar-refractivity contribution in [3.63, 3.8) is 0 Å². The van der Waals surface area contributed by atoms with Gasteiger partial charge in [0.05, 0.1) is 0 Å². The Balaban J connectivity index is 0.000000941. The molecule has 0 bridgehead atoms. The van der Waals surface area contributed by atoms with E-state index < -0.39 is 5.67 Å². The number of amides is 1. The molecule has 0 saturated carbocycles. The van der Waals surface area contributed by atoms with Crippen LogP contribution in [0.15, 0.2) is 22.7 Å². The van der Waals surface area contributed by atoms with Crippen LogP contribution >= 0.6 is 0 Å². The Hall–Kier alpha value is -2.81. The van der Waals surface area contributed by atoms with Gasteiger partial charge in [0.2, 0.25) is 12.2 Å². The van der Waals surface area contributed by atoms with E-state index >= 15 is 4.39 Å². The lowest BCUT2D eigenvalue weighted by Gasteiger charge is -2.31. The molecule has 0 radical (unpaired) electrons. The predicted molar refractivity (Wildman–Crippen MR) is 109 cm³/mol. The largest absolute Gasteiger partial charge is 0.388 e. The first-order valence-electron chi connectivity index (χ1n) is 9.41. The summed E-state index contributed by atoms with van der Waals surface area (Å²) in [5.41, 5.74) is 0.503. The molecule has 1 aliphatic rings. The summed E-state index contributed by atoms with van der Waals surface area (Å²) in [4.78, 5) is 16.6. The van der Waals surface area contributed by atoms with Crippen molar-refractivity contribution in [2.45, 2.75) is 38.4 Å². The van der Waals surface area contributed by atoms with E-state index in [9.17, 15) is 4.79 Å². The van der Waals surface area contributed by atoms with Crippen LogP contribution in [0.3, 0.4) is 0 Å². The highest BCUT2D eigenvalue weighted by Crippen LogP contribution is 2.36. The fraction of sp³-hybridized carbons (Fsp3) is 0.500. The van der Waals surface area contributed by atoms with E-state index in [0.29, 0.717) is 24.5 Å². The van der Waals surface area contributed by atoms with Gasteiger partial charge >= 0.3 is 0 Å². The Kier molecular flexibility index (Phi) is 7.83. The summed E-state index contributed by atoms with van der Waals surface area (Å²) in [5, 5.41) is 14.7. The standard InChI is InChI=1S/C18H22FN5O2.C2H6O/c1-12(2)21-15-9-13(3-4-14(15)10-20)16-22-17(26-23-16)18(19)5-7-24(11-25)8-6-18;1-3-2/h3-4,9-12,20-21H,5-8H2,1-2H3;1-2H3. The molecule has 1 fully saturated rings. The molecule has 3 rings (SSSR count). The molecular formula is C20H28FN5O3. The Bertz CT molecular complexity index is 816. The normalized spacial score (nSPS) is 15.4. The molecular weight excluding hydrogens is 377 g/mol. The van der Waals surface area contributed by atoms with Gasteiger partial charge in [-0.05, 0) is 19.9 Å². The predicted octanol–water partition coefficient (Wildman–Crippen LogP) is 3.23. The zero-order valence-corrected chi connectivity index (χ0v) is 17.2. The van der Waals surface area contributed by atoms with Crippen molar-refractivity contribution in [2.24, 2.45) is 0 Å². The molecule has 0 unspecified atom stereocenters. The molecule has 9 heteroatoms. The molecule has 2 aromatic rings. The van der Waals surface area contributed by atoms with E-state index in [-0.39, 0.29) is 24.8 Å². The first kappa shape index (κ1) is 22.5. The molecule has 1 aromatic heterocycles. The summed E-state index contributed by atoms with van der Waals surface area (Å²) in [5.74, 6) is 0.255. The van der Waals surface area contributed by atoms with Crippen LogP contribution < -0.4 is 5.32 Å². The number of rotatable bonds is 6. The van der Waals surface area contributed by atoms with E-state index in [1.54, 1.807) is 26.4 Å².